The van der Waals surface area contributed by atoms with Gasteiger partial charge in [-0.25, -0.2) is 0 Å². The van der Waals surface area contributed by atoms with Gasteiger partial charge in [0.2, 0.25) is 0 Å². The van der Waals surface area contributed by atoms with Crippen molar-refractivity contribution in [1.29, 1.82) is 0 Å². The third kappa shape index (κ3) is 3.44. The van der Waals surface area contributed by atoms with Crippen molar-refractivity contribution < 1.29 is 4.74 Å². The molecule has 3 heteroatoms. The van der Waals surface area contributed by atoms with Gasteiger partial charge >= 0.3 is 0 Å². The summed E-state index contributed by atoms with van der Waals surface area (Å²) < 4.78 is 7.04. The van der Waals surface area contributed by atoms with Gasteiger partial charge in [0.1, 0.15) is 0 Å². The monoisotopic (exact) mass is 339 g/mol. The van der Waals surface area contributed by atoms with Gasteiger partial charge in [0.05, 0.1) is 5.60 Å². The molecule has 20 heavy (non-hydrogen) atoms. The number of rotatable bonds is 4. The van der Waals surface area contributed by atoms with Gasteiger partial charge in [0, 0.05) is 17.6 Å². The first-order chi connectivity index (χ1) is 9.38. The SMILES string of the molecule is COC1(C(N)Cc2ccccc2Br)CCC(C)(C)CC1. The summed E-state index contributed by atoms with van der Waals surface area (Å²) in [5.74, 6) is 0. The minimum atomic E-state index is -0.162. The van der Waals surface area contributed by atoms with Crippen LogP contribution in [0.5, 0.6) is 0 Å². The molecule has 0 aliphatic heterocycles. The van der Waals surface area contributed by atoms with Gasteiger partial charge in [0.15, 0.2) is 0 Å². The van der Waals surface area contributed by atoms with E-state index in [1.54, 1.807) is 0 Å². The lowest BCUT2D eigenvalue weighted by molar-refractivity contribution is -0.0781. The second-order valence-corrected chi connectivity index (χ2v) is 7.69. The minimum absolute atomic E-state index is 0.0438. The van der Waals surface area contributed by atoms with Gasteiger partial charge in [-0.2, -0.15) is 0 Å². The van der Waals surface area contributed by atoms with Crippen LogP contribution in [-0.4, -0.2) is 18.8 Å². The van der Waals surface area contributed by atoms with Crippen LogP contribution in [0.1, 0.15) is 45.1 Å². The Morgan fingerprint density at radius 3 is 2.35 bits per heavy atom. The van der Waals surface area contributed by atoms with Crippen molar-refractivity contribution in [2.45, 2.75) is 57.6 Å². The molecule has 1 saturated carbocycles. The summed E-state index contributed by atoms with van der Waals surface area (Å²) in [5, 5.41) is 0. The van der Waals surface area contributed by atoms with E-state index >= 15 is 0 Å². The summed E-state index contributed by atoms with van der Waals surface area (Å²) in [6, 6.07) is 8.36. The molecule has 2 N–H and O–H groups in total. The van der Waals surface area contributed by atoms with Crippen LogP contribution in [0.25, 0.3) is 0 Å². The highest BCUT2D eigenvalue weighted by molar-refractivity contribution is 9.10. The maximum Gasteiger partial charge on any atom is 0.0832 e. The fourth-order valence-electron chi connectivity index (χ4n) is 3.16. The molecular weight excluding hydrogens is 314 g/mol. The predicted octanol–water partition coefficient (Wildman–Crippen LogP) is 4.30. The van der Waals surface area contributed by atoms with Crippen molar-refractivity contribution in [3.05, 3.63) is 34.3 Å². The van der Waals surface area contributed by atoms with Crippen LogP contribution >= 0.6 is 15.9 Å². The first kappa shape index (κ1) is 16.0. The molecule has 0 radical (unpaired) electrons. The van der Waals surface area contributed by atoms with Crippen LogP contribution in [0.3, 0.4) is 0 Å². The van der Waals surface area contributed by atoms with E-state index < -0.39 is 0 Å². The number of ether oxygens (including phenoxy) is 1. The van der Waals surface area contributed by atoms with Gasteiger partial charge in [-0.15, -0.1) is 0 Å². The number of nitrogens with two attached hydrogens (primary N) is 1. The van der Waals surface area contributed by atoms with Crippen molar-refractivity contribution in [2.24, 2.45) is 11.1 Å². The maximum absolute atomic E-state index is 6.54. The van der Waals surface area contributed by atoms with Gasteiger partial charge < -0.3 is 10.5 Å². The molecule has 1 aliphatic rings. The maximum atomic E-state index is 6.54. The Morgan fingerprint density at radius 1 is 1.20 bits per heavy atom. The summed E-state index contributed by atoms with van der Waals surface area (Å²) in [6.07, 6.45) is 5.34. The first-order valence-corrected chi connectivity index (χ1v) is 8.22. The van der Waals surface area contributed by atoms with E-state index in [0.717, 1.165) is 23.7 Å². The lowest BCUT2D eigenvalue weighted by atomic mass is 9.68. The molecule has 0 spiro atoms. The molecule has 1 aromatic carbocycles. The molecule has 1 atom stereocenters. The lowest BCUT2D eigenvalue weighted by Gasteiger charge is -2.46. The standard InChI is InChI=1S/C17H26BrNO/c1-16(2)8-10-17(20-3,11-9-16)15(19)12-13-6-4-5-7-14(13)18/h4-7,15H,8-12,19H2,1-3H3. The van der Waals surface area contributed by atoms with E-state index in [9.17, 15) is 0 Å². The average Bonchev–Trinajstić information content (AvgIpc) is 2.42. The zero-order valence-corrected chi connectivity index (χ0v) is 14.4. The highest BCUT2D eigenvalue weighted by atomic mass is 79.9. The minimum Gasteiger partial charge on any atom is -0.377 e. The zero-order valence-electron chi connectivity index (χ0n) is 12.8. The van der Waals surface area contributed by atoms with Crippen molar-refractivity contribution >= 4 is 15.9 Å². The summed E-state index contributed by atoms with van der Waals surface area (Å²) in [7, 11) is 1.82. The largest absolute Gasteiger partial charge is 0.377 e. The second kappa shape index (κ2) is 6.17. The van der Waals surface area contributed by atoms with Crippen molar-refractivity contribution in [3.63, 3.8) is 0 Å². The van der Waals surface area contributed by atoms with E-state index in [2.05, 4.69) is 48.0 Å². The second-order valence-electron chi connectivity index (χ2n) is 6.84. The summed E-state index contributed by atoms with van der Waals surface area (Å²) in [5.41, 5.74) is 8.07. The van der Waals surface area contributed by atoms with Gasteiger partial charge in [0.25, 0.3) is 0 Å². The quantitative estimate of drug-likeness (QED) is 0.887. The highest BCUT2D eigenvalue weighted by Gasteiger charge is 2.42. The Kier molecular flexibility index (Phi) is 4.93. The number of hydrogen-bond acceptors (Lipinski definition) is 2. The third-order valence-electron chi connectivity index (χ3n) is 4.93. The van der Waals surface area contributed by atoms with Gasteiger partial charge in [-0.3, -0.25) is 0 Å². The van der Waals surface area contributed by atoms with Crippen LogP contribution in [-0.2, 0) is 11.2 Å². The Morgan fingerprint density at radius 2 is 1.80 bits per heavy atom. The van der Waals surface area contributed by atoms with E-state index in [-0.39, 0.29) is 11.6 Å². The smallest absolute Gasteiger partial charge is 0.0832 e. The summed E-state index contributed by atoms with van der Waals surface area (Å²) >= 11 is 3.61. The van der Waals surface area contributed by atoms with Gasteiger partial charge in [-0.1, -0.05) is 48.0 Å². The molecule has 1 unspecified atom stereocenters. The van der Waals surface area contributed by atoms with E-state index in [0.29, 0.717) is 5.41 Å². The molecule has 1 aromatic rings. The molecule has 1 aliphatic carbocycles. The summed E-state index contributed by atoms with van der Waals surface area (Å²) in [6.45, 7) is 4.68. The number of hydrogen-bond donors (Lipinski definition) is 1. The Hall–Kier alpha value is -0.380. The first-order valence-electron chi connectivity index (χ1n) is 7.43. The van der Waals surface area contributed by atoms with Crippen molar-refractivity contribution in [3.8, 4) is 0 Å². The number of halogens is 1. The highest BCUT2D eigenvalue weighted by Crippen LogP contribution is 2.43. The molecule has 1 fully saturated rings. The van der Waals surface area contributed by atoms with Crippen molar-refractivity contribution in [1.82, 2.24) is 0 Å². The Bertz CT molecular complexity index is 448. The van der Waals surface area contributed by atoms with Crippen LogP contribution < -0.4 is 5.73 Å². The molecule has 112 valence electrons. The topological polar surface area (TPSA) is 35.2 Å². The Labute approximate surface area is 131 Å². The van der Waals surface area contributed by atoms with Crippen molar-refractivity contribution in [2.75, 3.05) is 7.11 Å². The molecule has 0 aromatic heterocycles. The fraction of sp³-hybridized carbons (Fsp3) is 0.647. The van der Waals surface area contributed by atoms with E-state index in [1.807, 2.05) is 13.2 Å². The lowest BCUT2D eigenvalue weighted by Crippen LogP contribution is -2.53. The van der Waals surface area contributed by atoms with E-state index in [1.165, 1.54) is 18.4 Å². The molecule has 2 rings (SSSR count). The van der Waals surface area contributed by atoms with Gasteiger partial charge in [-0.05, 0) is 49.1 Å². The molecule has 0 saturated heterocycles. The number of benzene rings is 1. The average molecular weight is 340 g/mol. The number of methoxy groups -OCH3 is 1. The predicted molar refractivity (Wildman–Crippen MR) is 87.8 cm³/mol. The van der Waals surface area contributed by atoms with Crippen LogP contribution in [0, 0.1) is 5.41 Å². The van der Waals surface area contributed by atoms with Crippen LogP contribution in [0.2, 0.25) is 0 Å². The molecule has 0 bridgehead atoms. The fourth-order valence-corrected chi connectivity index (χ4v) is 3.61. The van der Waals surface area contributed by atoms with E-state index in [4.69, 9.17) is 10.5 Å². The Balaban J connectivity index is 2.10. The zero-order chi connectivity index (χ0) is 14.8. The molecule has 0 heterocycles. The molecular formula is C17H26BrNO. The van der Waals surface area contributed by atoms with Crippen LogP contribution in [0.15, 0.2) is 28.7 Å². The normalized spacial score (nSPS) is 22.4. The van der Waals surface area contributed by atoms with Crippen LogP contribution in [0.4, 0.5) is 0 Å². The third-order valence-corrected chi connectivity index (χ3v) is 5.70. The molecule has 0 amide bonds. The summed E-state index contributed by atoms with van der Waals surface area (Å²) in [4.78, 5) is 0. The molecule has 2 nitrogen and oxygen atoms in total.